The van der Waals surface area contributed by atoms with Crippen molar-refractivity contribution in [3.05, 3.63) is 23.7 Å². The van der Waals surface area contributed by atoms with Crippen LogP contribution in [0.3, 0.4) is 0 Å². The number of carbonyl (C=O) groups excluding carboxylic acids is 1. The van der Waals surface area contributed by atoms with Gasteiger partial charge in [0.2, 0.25) is 5.91 Å². The molecular formula is C13H18N2O2. The lowest BCUT2D eigenvalue weighted by atomic mass is 10.1. The molecule has 4 unspecified atom stereocenters. The van der Waals surface area contributed by atoms with Crippen LogP contribution in [-0.4, -0.2) is 23.9 Å². The molecule has 0 radical (unpaired) electrons. The highest BCUT2D eigenvalue weighted by molar-refractivity contribution is 5.79. The van der Waals surface area contributed by atoms with E-state index in [1.165, 1.54) is 6.42 Å². The second-order valence-electron chi connectivity index (χ2n) is 5.38. The zero-order valence-electron chi connectivity index (χ0n) is 10.2. The van der Waals surface area contributed by atoms with Crippen molar-refractivity contribution in [1.82, 2.24) is 4.90 Å². The van der Waals surface area contributed by atoms with E-state index in [1.54, 1.807) is 11.9 Å². The van der Waals surface area contributed by atoms with Gasteiger partial charge in [-0.2, -0.15) is 0 Å². The van der Waals surface area contributed by atoms with Gasteiger partial charge in [-0.25, -0.2) is 0 Å². The lowest BCUT2D eigenvalue weighted by Crippen LogP contribution is -2.29. The summed E-state index contributed by atoms with van der Waals surface area (Å²) in [6.07, 6.45) is 1.62. The highest BCUT2D eigenvalue weighted by atomic mass is 16.3. The molecule has 4 nitrogen and oxygen atoms in total. The van der Waals surface area contributed by atoms with Gasteiger partial charge in [-0.15, -0.1) is 0 Å². The van der Waals surface area contributed by atoms with Crippen LogP contribution in [0.15, 0.2) is 16.5 Å². The van der Waals surface area contributed by atoms with Crippen LogP contribution < -0.4 is 5.73 Å². The number of hydrogen-bond acceptors (Lipinski definition) is 3. The molecule has 3 rings (SSSR count). The highest BCUT2D eigenvalue weighted by Crippen LogP contribution is 2.48. The molecule has 4 heteroatoms. The van der Waals surface area contributed by atoms with Crippen molar-refractivity contribution in [1.29, 1.82) is 0 Å². The molecule has 1 saturated carbocycles. The molecule has 1 amide bonds. The fourth-order valence-corrected chi connectivity index (χ4v) is 2.75. The van der Waals surface area contributed by atoms with Gasteiger partial charge < -0.3 is 15.1 Å². The molecule has 2 heterocycles. The molecule has 1 aliphatic heterocycles. The van der Waals surface area contributed by atoms with Gasteiger partial charge in [-0.05, 0) is 24.5 Å². The third-order valence-corrected chi connectivity index (χ3v) is 4.04. The zero-order chi connectivity index (χ0) is 12.2. The fraction of sp³-hybridized carbons (Fsp3) is 0.615. The molecule has 2 N–H and O–H groups in total. The van der Waals surface area contributed by atoms with Gasteiger partial charge in [0.15, 0.2) is 0 Å². The van der Waals surface area contributed by atoms with E-state index < -0.39 is 0 Å². The number of likely N-dealkylation sites (N-methyl/N-ethyl adjacent to an activating group) is 1. The molecule has 92 valence electrons. The van der Waals surface area contributed by atoms with E-state index in [9.17, 15) is 4.79 Å². The Balaban J connectivity index is 1.84. The van der Waals surface area contributed by atoms with Crippen LogP contribution in [0.25, 0.3) is 0 Å². The van der Waals surface area contributed by atoms with Crippen molar-refractivity contribution in [3.8, 4) is 0 Å². The number of nitrogens with two attached hydrogens (primary N) is 1. The van der Waals surface area contributed by atoms with E-state index in [1.807, 2.05) is 12.1 Å². The molecule has 2 fully saturated rings. The highest BCUT2D eigenvalue weighted by Gasteiger charge is 2.40. The summed E-state index contributed by atoms with van der Waals surface area (Å²) < 4.78 is 5.88. The van der Waals surface area contributed by atoms with Crippen LogP contribution in [0, 0.1) is 5.92 Å². The maximum atomic E-state index is 11.6. The minimum absolute atomic E-state index is 0.0923. The molecular weight excluding hydrogens is 216 g/mol. The molecule has 0 aromatic carbocycles. The van der Waals surface area contributed by atoms with Crippen LogP contribution in [0.2, 0.25) is 0 Å². The first-order valence-corrected chi connectivity index (χ1v) is 6.19. The molecule has 0 spiro atoms. The Bertz CT molecular complexity index is 454. The van der Waals surface area contributed by atoms with Gasteiger partial charge in [0.05, 0.1) is 0 Å². The molecule has 2 aliphatic rings. The number of likely N-dealkylation sites (tertiary alicyclic amines) is 1. The van der Waals surface area contributed by atoms with E-state index in [-0.39, 0.29) is 18.0 Å². The topological polar surface area (TPSA) is 59.5 Å². The van der Waals surface area contributed by atoms with Gasteiger partial charge in [0, 0.05) is 25.4 Å². The van der Waals surface area contributed by atoms with Crippen LogP contribution in [0.4, 0.5) is 0 Å². The van der Waals surface area contributed by atoms with Crippen LogP contribution >= 0.6 is 0 Å². The summed E-state index contributed by atoms with van der Waals surface area (Å²) in [7, 11) is 1.79. The van der Waals surface area contributed by atoms with Crippen molar-refractivity contribution in [3.63, 3.8) is 0 Å². The Morgan fingerprint density at radius 1 is 1.41 bits per heavy atom. The first kappa shape index (κ1) is 10.8. The minimum Gasteiger partial charge on any atom is -0.464 e. The molecule has 4 atom stereocenters. The molecule has 1 aromatic heterocycles. The fourth-order valence-electron chi connectivity index (χ4n) is 2.75. The van der Waals surface area contributed by atoms with E-state index >= 15 is 0 Å². The Labute approximate surface area is 101 Å². The SMILES string of the molecule is CC1CC1c1ccc(C2C(N)CC(=O)N2C)o1. The summed E-state index contributed by atoms with van der Waals surface area (Å²) in [5.74, 6) is 3.28. The monoisotopic (exact) mass is 234 g/mol. The van der Waals surface area contributed by atoms with E-state index in [0.29, 0.717) is 12.3 Å². The summed E-state index contributed by atoms with van der Waals surface area (Å²) in [6.45, 7) is 2.23. The number of nitrogens with zero attached hydrogens (tertiary/aromatic N) is 1. The summed E-state index contributed by atoms with van der Waals surface area (Å²) in [6, 6.07) is 3.76. The van der Waals surface area contributed by atoms with Crippen molar-refractivity contribution in [2.45, 2.75) is 37.8 Å². The van der Waals surface area contributed by atoms with Crippen molar-refractivity contribution in [2.24, 2.45) is 11.7 Å². The Hall–Kier alpha value is -1.29. The lowest BCUT2D eigenvalue weighted by Gasteiger charge is -2.20. The van der Waals surface area contributed by atoms with Crippen molar-refractivity contribution >= 4 is 5.91 Å². The average Bonchev–Trinajstić information content (AvgIpc) is 2.71. The summed E-state index contributed by atoms with van der Waals surface area (Å²) in [5.41, 5.74) is 6.00. The second-order valence-corrected chi connectivity index (χ2v) is 5.38. The smallest absolute Gasteiger partial charge is 0.224 e. The maximum Gasteiger partial charge on any atom is 0.224 e. The van der Waals surface area contributed by atoms with Crippen molar-refractivity contribution < 1.29 is 9.21 Å². The second kappa shape index (κ2) is 3.60. The third kappa shape index (κ3) is 1.67. The quantitative estimate of drug-likeness (QED) is 0.846. The molecule has 1 aliphatic carbocycles. The normalized spacial score (nSPS) is 36.6. The first-order chi connectivity index (χ1) is 8.08. The van der Waals surface area contributed by atoms with Crippen LogP contribution in [-0.2, 0) is 4.79 Å². The number of hydrogen-bond donors (Lipinski definition) is 1. The summed E-state index contributed by atoms with van der Waals surface area (Å²) in [4.78, 5) is 13.3. The van der Waals surface area contributed by atoms with E-state index in [0.717, 1.165) is 17.4 Å². The Kier molecular flexibility index (Phi) is 2.30. The summed E-state index contributed by atoms with van der Waals surface area (Å²) >= 11 is 0. The van der Waals surface area contributed by atoms with E-state index in [4.69, 9.17) is 10.2 Å². The predicted molar refractivity (Wildman–Crippen MR) is 63.3 cm³/mol. The standard InChI is InChI=1S/C13H18N2O2/c1-7-5-8(7)10-3-4-11(17-10)13-9(14)6-12(16)15(13)2/h3-4,7-9,13H,5-6,14H2,1-2H3. The largest absolute Gasteiger partial charge is 0.464 e. The van der Waals surface area contributed by atoms with Gasteiger partial charge >= 0.3 is 0 Å². The molecule has 0 bridgehead atoms. The van der Waals surface area contributed by atoms with Gasteiger partial charge in [-0.1, -0.05) is 6.92 Å². The molecule has 1 saturated heterocycles. The minimum atomic E-state index is -0.150. The maximum absolute atomic E-state index is 11.6. The van der Waals surface area contributed by atoms with Crippen LogP contribution in [0.5, 0.6) is 0 Å². The van der Waals surface area contributed by atoms with E-state index in [2.05, 4.69) is 6.92 Å². The summed E-state index contributed by atoms with van der Waals surface area (Å²) in [5, 5.41) is 0. The van der Waals surface area contributed by atoms with Gasteiger partial charge in [0.25, 0.3) is 0 Å². The number of amides is 1. The predicted octanol–water partition coefficient (Wildman–Crippen LogP) is 1.63. The molecule has 17 heavy (non-hydrogen) atoms. The third-order valence-electron chi connectivity index (χ3n) is 4.04. The van der Waals surface area contributed by atoms with Gasteiger partial charge in [-0.3, -0.25) is 4.79 Å². The number of furan rings is 1. The Morgan fingerprint density at radius 2 is 2.06 bits per heavy atom. The molecule has 1 aromatic rings. The zero-order valence-corrected chi connectivity index (χ0v) is 10.2. The van der Waals surface area contributed by atoms with Gasteiger partial charge in [0.1, 0.15) is 17.6 Å². The van der Waals surface area contributed by atoms with Crippen molar-refractivity contribution in [2.75, 3.05) is 7.05 Å². The average molecular weight is 234 g/mol. The number of carbonyl (C=O) groups is 1. The lowest BCUT2D eigenvalue weighted by molar-refractivity contribution is -0.127. The van der Waals surface area contributed by atoms with Crippen LogP contribution in [0.1, 0.15) is 43.2 Å². The first-order valence-electron chi connectivity index (χ1n) is 6.19. The Morgan fingerprint density at radius 3 is 2.59 bits per heavy atom. The number of rotatable bonds is 2.